The minimum Gasteiger partial charge on any atom is -0.361 e. The maximum absolute atomic E-state index is 5.61. The van der Waals surface area contributed by atoms with Crippen LogP contribution in [0.4, 0.5) is 0 Å². The fraction of sp³-hybridized carbons (Fsp3) is 0.667. The summed E-state index contributed by atoms with van der Waals surface area (Å²) in [4.78, 5) is 2.49. The van der Waals surface area contributed by atoms with E-state index >= 15 is 0 Å². The predicted octanol–water partition coefficient (Wildman–Crippen LogP) is 1.96. The Morgan fingerprint density at radius 2 is 2.17 bits per heavy atom. The van der Waals surface area contributed by atoms with Gasteiger partial charge in [0.15, 0.2) is 0 Å². The standard InChI is InChI=1S/C18H27N5O/c1-13-9-15(22(2)20-13)11-19-14-5-6-18-16(10-14)17(21-24-18)12-23-7-3-4-8-23/h9,14,19H,3-8,10-12H2,1-2H3. The van der Waals surface area contributed by atoms with E-state index < -0.39 is 0 Å². The SMILES string of the molecule is Cc1cc(CNC2CCc3onc(CN4CCCC4)c3C2)n(C)n1. The van der Waals surface area contributed by atoms with Crippen LogP contribution in [0.2, 0.25) is 0 Å². The van der Waals surface area contributed by atoms with Crippen molar-refractivity contribution in [2.45, 2.75) is 58.2 Å². The molecule has 4 rings (SSSR count). The first-order valence-electron chi connectivity index (χ1n) is 9.10. The van der Waals surface area contributed by atoms with Crippen LogP contribution in [0.15, 0.2) is 10.6 Å². The first-order chi connectivity index (χ1) is 11.7. The molecule has 24 heavy (non-hydrogen) atoms. The molecule has 1 atom stereocenters. The first kappa shape index (κ1) is 15.8. The molecule has 1 aliphatic carbocycles. The van der Waals surface area contributed by atoms with Crippen molar-refractivity contribution >= 4 is 0 Å². The molecule has 0 radical (unpaired) electrons. The molecule has 1 saturated heterocycles. The van der Waals surface area contributed by atoms with Crippen LogP contribution in [0.5, 0.6) is 0 Å². The third-order valence-electron chi connectivity index (χ3n) is 5.36. The molecule has 0 bridgehead atoms. The van der Waals surface area contributed by atoms with Crippen LogP contribution in [0.1, 0.15) is 47.7 Å². The summed E-state index contributed by atoms with van der Waals surface area (Å²) >= 11 is 0. The Labute approximate surface area is 143 Å². The van der Waals surface area contributed by atoms with Crippen molar-refractivity contribution in [3.63, 3.8) is 0 Å². The maximum atomic E-state index is 5.61. The normalized spacial score (nSPS) is 21.3. The topological polar surface area (TPSA) is 59.1 Å². The van der Waals surface area contributed by atoms with Crippen molar-refractivity contribution < 1.29 is 4.52 Å². The average molecular weight is 329 g/mol. The van der Waals surface area contributed by atoms with Crippen LogP contribution >= 0.6 is 0 Å². The molecule has 130 valence electrons. The van der Waals surface area contributed by atoms with E-state index in [4.69, 9.17) is 4.52 Å². The highest BCUT2D eigenvalue weighted by Crippen LogP contribution is 2.26. The van der Waals surface area contributed by atoms with Gasteiger partial charge >= 0.3 is 0 Å². The first-order valence-corrected chi connectivity index (χ1v) is 9.10. The van der Waals surface area contributed by atoms with Gasteiger partial charge in [0.2, 0.25) is 0 Å². The highest BCUT2D eigenvalue weighted by Gasteiger charge is 2.27. The van der Waals surface area contributed by atoms with E-state index in [9.17, 15) is 0 Å². The van der Waals surface area contributed by atoms with Gasteiger partial charge < -0.3 is 9.84 Å². The lowest BCUT2D eigenvalue weighted by Gasteiger charge is -2.23. The Balaban J connectivity index is 1.39. The molecule has 1 fully saturated rings. The number of hydrogen-bond donors (Lipinski definition) is 1. The Bertz CT molecular complexity index is 698. The maximum Gasteiger partial charge on any atom is 0.140 e. The summed E-state index contributed by atoms with van der Waals surface area (Å²) in [6.07, 6.45) is 5.76. The number of aryl methyl sites for hydroxylation is 3. The molecule has 2 aromatic heterocycles. The van der Waals surface area contributed by atoms with Gasteiger partial charge in [-0.3, -0.25) is 9.58 Å². The number of rotatable bonds is 5. The third-order valence-corrected chi connectivity index (χ3v) is 5.36. The number of fused-ring (bicyclic) bond motifs is 1. The van der Waals surface area contributed by atoms with E-state index in [1.807, 2.05) is 18.7 Å². The van der Waals surface area contributed by atoms with Gasteiger partial charge in [0.1, 0.15) is 11.5 Å². The Kier molecular flexibility index (Phi) is 4.41. The highest BCUT2D eigenvalue weighted by molar-refractivity contribution is 5.27. The van der Waals surface area contributed by atoms with E-state index in [1.54, 1.807) is 0 Å². The summed E-state index contributed by atoms with van der Waals surface area (Å²) in [5.74, 6) is 1.11. The molecule has 1 aliphatic heterocycles. The van der Waals surface area contributed by atoms with Crippen molar-refractivity contribution in [2.24, 2.45) is 7.05 Å². The van der Waals surface area contributed by atoms with Gasteiger partial charge in [-0.15, -0.1) is 0 Å². The zero-order chi connectivity index (χ0) is 16.5. The van der Waals surface area contributed by atoms with Gasteiger partial charge in [-0.05, 0) is 51.8 Å². The molecular weight excluding hydrogens is 302 g/mol. The largest absolute Gasteiger partial charge is 0.361 e. The lowest BCUT2D eigenvalue weighted by atomic mass is 9.92. The zero-order valence-electron chi connectivity index (χ0n) is 14.7. The quantitative estimate of drug-likeness (QED) is 0.909. The van der Waals surface area contributed by atoms with Crippen LogP contribution < -0.4 is 5.32 Å². The van der Waals surface area contributed by atoms with Crippen LogP contribution in [0.3, 0.4) is 0 Å². The fourth-order valence-electron chi connectivity index (χ4n) is 3.99. The molecule has 6 nitrogen and oxygen atoms in total. The van der Waals surface area contributed by atoms with Gasteiger partial charge in [0.05, 0.1) is 11.4 Å². The third kappa shape index (κ3) is 3.26. The van der Waals surface area contributed by atoms with Crippen molar-refractivity contribution in [3.05, 3.63) is 34.5 Å². The van der Waals surface area contributed by atoms with E-state index in [-0.39, 0.29) is 0 Å². The van der Waals surface area contributed by atoms with E-state index in [1.165, 1.54) is 37.2 Å². The van der Waals surface area contributed by atoms with E-state index in [0.717, 1.165) is 49.5 Å². The number of nitrogens with one attached hydrogen (secondary N) is 1. The molecular formula is C18H27N5O. The van der Waals surface area contributed by atoms with Gasteiger partial charge in [-0.2, -0.15) is 5.10 Å². The number of nitrogens with zero attached hydrogens (tertiary/aromatic N) is 4. The smallest absolute Gasteiger partial charge is 0.140 e. The summed E-state index contributed by atoms with van der Waals surface area (Å²) in [6.45, 7) is 6.25. The monoisotopic (exact) mass is 329 g/mol. The van der Waals surface area contributed by atoms with Crippen LogP contribution in [-0.4, -0.2) is 39.0 Å². The Morgan fingerprint density at radius 3 is 2.92 bits per heavy atom. The summed E-state index contributed by atoms with van der Waals surface area (Å²) in [7, 11) is 2.01. The Hall–Kier alpha value is -1.66. The summed E-state index contributed by atoms with van der Waals surface area (Å²) in [6, 6.07) is 2.64. The predicted molar refractivity (Wildman–Crippen MR) is 91.6 cm³/mol. The average Bonchev–Trinajstić information content (AvgIpc) is 3.28. The van der Waals surface area contributed by atoms with E-state index in [2.05, 4.69) is 26.5 Å². The van der Waals surface area contributed by atoms with Crippen LogP contribution in [-0.2, 0) is 33.0 Å². The second-order valence-electron chi connectivity index (χ2n) is 7.24. The van der Waals surface area contributed by atoms with Crippen molar-refractivity contribution in [2.75, 3.05) is 13.1 Å². The summed E-state index contributed by atoms with van der Waals surface area (Å²) in [5, 5.41) is 12.5. The lowest BCUT2D eigenvalue weighted by molar-refractivity contribution is 0.309. The summed E-state index contributed by atoms with van der Waals surface area (Å²) in [5.41, 5.74) is 4.83. The minimum atomic E-state index is 0.490. The second kappa shape index (κ2) is 6.69. The molecule has 0 saturated carbocycles. The van der Waals surface area contributed by atoms with Crippen molar-refractivity contribution in [1.82, 2.24) is 25.2 Å². The second-order valence-corrected chi connectivity index (χ2v) is 7.24. The molecule has 0 aromatic carbocycles. The molecule has 0 spiro atoms. The van der Waals surface area contributed by atoms with Crippen molar-refractivity contribution in [1.29, 1.82) is 0 Å². The molecule has 3 heterocycles. The highest BCUT2D eigenvalue weighted by atomic mass is 16.5. The van der Waals surface area contributed by atoms with Crippen LogP contribution in [0.25, 0.3) is 0 Å². The van der Waals surface area contributed by atoms with Gasteiger partial charge in [0, 0.05) is 38.2 Å². The Morgan fingerprint density at radius 1 is 1.33 bits per heavy atom. The lowest BCUT2D eigenvalue weighted by Crippen LogP contribution is -2.34. The van der Waals surface area contributed by atoms with Crippen molar-refractivity contribution in [3.8, 4) is 0 Å². The molecule has 1 N–H and O–H groups in total. The van der Waals surface area contributed by atoms with Gasteiger partial charge in [0.25, 0.3) is 0 Å². The molecule has 2 aliphatic rings. The fourth-order valence-corrected chi connectivity index (χ4v) is 3.99. The molecule has 1 unspecified atom stereocenters. The number of hydrogen-bond acceptors (Lipinski definition) is 5. The van der Waals surface area contributed by atoms with Gasteiger partial charge in [-0.1, -0.05) is 5.16 Å². The molecule has 6 heteroatoms. The number of likely N-dealkylation sites (tertiary alicyclic amines) is 1. The van der Waals surface area contributed by atoms with Gasteiger partial charge in [-0.25, -0.2) is 0 Å². The van der Waals surface area contributed by atoms with Crippen LogP contribution in [0, 0.1) is 6.92 Å². The molecule has 0 amide bonds. The van der Waals surface area contributed by atoms with E-state index in [0.29, 0.717) is 6.04 Å². The molecule has 2 aromatic rings. The minimum absolute atomic E-state index is 0.490. The number of aromatic nitrogens is 3. The zero-order valence-corrected chi connectivity index (χ0v) is 14.7. The summed E-state index contributed by atoms with van der Waals surface area (Å²) < 4.78 is 7.58.